The summed E-state index contributed by atoms with van der Waals surface area (Å²) in [6, 6.07) is 20.4. The van der Waals surface area contributed by atoms with Gasteiger partial charge in [-0.25, -0.2) is 0 Å². The lowest BCUT2D eigenvalue weighted by Crippen LogP contribution is -2.33. The average Bonchev–Trinajstić information content (AvgIpc) is 3.33. The molecule has 2 amide bonds. The van der Waals surface area contributed by atoms with Gasteiger partial charge in [-0.15, -0.1) is 10.2 Å². The first-order valence-corrected chi connectivity index (χ1v) is 13.2. The van der Waals surface area contributed by atoms with E-state index in [0.717, 1.165) is 16.5 Å². The van der Waals surface area contributed by atoms with Gasteiger partial charge in [0.25, 0.3) is 5.91 Å². The molecule has 0 radical (unpaired) electrons. The maximum atomic E-state index is 13.0. The van der Waals surface area contributed by atoms with Crippen LogP contribution in [0.5, 0.6) is 5.75 Å². The summed E-state index contributed by atoms with van der Waals surface area (Å²) in [6.45, 7) is 6.66. The summed E-state index contributed by atoms with van der Waals surface area (Å²) in [5.41, 5.74) is 1.32. The van der Waals surface area contributed by atoms with Crippen LogP contribution >= 0.6 is 11.8 Å². The summed E-state index contributed by atoms with van der Waals surface area (Å²) in [5, 5.41) is 17.6. The third kappa shape index (κ3) is 6.11. The molecule has 3 aromatic carbocycles. The summed E-state index contributed by atoms with van der Waals surface area (Å²) < 4.78 is 7.13. The van der Waals surface area contributed by atoms with E-state index in [0.29, 0.717) is 28.8 Å². The van der Waals surface area contributed by atoms with Crippen LogP contribution in [0, 0.1) is 5.92 Å². The molecule has 37 heavy (non-hydrogen) atoms. The van der Waals surface area contributed by atoms with Crippen molar-refractivity contribution in [2.24, 2.45) is 5.92 Å². The molecule has 0 aliphatic heterocycles. The molecule has 4 aromatic rings. The molecule has 0 bridgehead atoms. The highest BCUT2D eigenvalue weighted by molar-refractivity contribution is 7.99. The van der Waals surface area contributed by atoms with E-state index in [1.165, 1.54) is 11.8 Å². The molecule has 192 valence electrons. The minimum absolute atomic E-state index is 0.0733. The number of nitrogens with zero attached hydrogens (tertiary/aromatic N) is 3. The minimum Gasteiger partial charge on any atom is -0.497 e. The quantitative estimate of drug-likeness (QED) is 0.276. The fourth-order valence-electron chi connectivity index (χ4n) is 4.08. The second kappa shape index (κ2) is 11.9. The topological polar surface area (TPSA) is 98.1 Å². The number of rotatable bonds is 10. The monoisotopic (exact) mass is 517 g/mol. The second-order valence-electron chi connectivity index (χ2n) is 8.87. The van der Waals surface area contributed by atoms with Crippen molar-refractivity contribution < 1.29 is 14.3 Å². The maximum absolute atomic E-state index is 13.0. The van der Waals surface area contributed by atoms with Crippen molar-refractivity contribution >= 4 is 40.0 Å². The van der Waals surface area contributed by atoms with Gasteiger partial charge in [-0.2, -0.15) is 0 Å². The van der Waals surface area contributed by atoms with E-state index in [1.807, 2.05) is 67.8 Å². The molecule has 1 heterocycles. The van der Waals surface area contributed by atoms with Crippen molar-refractivity contribution in [1.29, 1.82) is 0 Å². The summed E-state index contributed by atoms with van der Waals surface area (Å²) in [7, 11) is 1.59. The Morgan fingerprint density at radius 1 is 1.00 bits per heavy atom. The van der Waals surface area contributed by atoms with Crippen LogP contribution in [0.4, 0.5) is 5.69 Å². The minimum atomic E-state index is -0.346. The predicted octanol–water partition coefficient (Wildman–Crippen LogP) is 5.32. The van der Waals surface area contributed by atoms with Gasteiger partial charge >= 0.3 is 0 Å². The molecular formula is C28H31N5O3S. The van der Waals surface area contributed by atoms with Crippen LogP contribution in [0.25, 0.3) is 10.8 Å². The zero-order chi connectivity index (χ0) is 26.4. The molecule has 1 atom stereocenters. The molecule has 9 heteroatoms. The number of hydrogen-bond donors (Lipinski definition) is 2. The average molecular weight is 518 g/mol. The Morgan fingerprint density at radius 2 is 1.73 bits per heavy atom. The lowest BCUT2D eigenvalue weighted by molar-refractivity contribution is -0.113. The van der Waals surface area contributed by atoms with Gasteiger partial charge in [0.2, 0.25) is 5.91 Å². The number of carbonyl (C=O) groups is 2. The van der Waals surface area contributed by atoms with Gasteiger partial charge in [-0.1, -0.05) is 62.0 Å². The Kier molecular flexibility index (Phi) is 8.45. The number of aromatic nitrogens is 3. The van der Waals surface area contributed by atoms with Gasteiger partial charge in [0, 0.05) is 23.2 Å². The van der Waals surface area contributed by atoms with Gasteiger partial charge in [0.15, 0.2) is 11.0 Å². The van der Waals surface area contributed by atoms with E-state index >= 15 is 0 Å². The Balaban J connectivity index is 1.45. The number of amides is 2. The van der Waals surface area contributed by atoms with Crippen LogP contribution < -0.4 is 15.4 Å². The Hall–Kier alpha value is -3.85. The fraction of sp³-hybridized carbons (Fsp3) is 0.286. The van der Waals surface area contributed by atoms with Gasteiger partial charge in [-0.3, -0.25) is 9.59 Å². The second-order valence-corrected chi connectivity index (χ2v) is 9.81. The van der Waals surface area contributed by atoms with Crippen LogP contribution in [-0.4, -0.2) is 39.4 Å². The summed E-state index contributed by atoms with van der Waals surface area (Å²) in [5.74, 6) is 1.29. The lowest BCUT2D eigenvalue weighted by Gasteiger charge is -2.22. The van der Waals surface area contributed by atoms with E-state index in [4.69, 9.17) is 4.74 Å². The van der Waals surface area contributed by atoms with Crippen LogP contribution in [-0.2, 0) is 11.3 Å². The van der Waals surface area contributed by atoms with Crippen LogP contribution in [0.3, 0.4) is 0 Å². The fourth-order valence-corrected chi connectivity index (χ4v) is 4.89. The number of methoxy groups -OCH3 is 1. The molecular weight excluding hydrogens is 486 g/mol. The van der Waals surface area contributed by atoms with Crippen LogP contribution in [0.1, 0.15) is 43.0 Å². The Bertz CT molecular complexity index is 1380. The number of hydrogen-bond acceptors (Lipinski definition) is 6. The van der Waals surface area contributed by atoms with Gasteiger partial charge in [0.1, 0.15) is 5.75 Å². The first-order chi connectivity index (χ1) is 17.9. The lowest BCUT2D eigenvalue weighted by atomic mass is 10.0. The number of anilines is 1. The van der Waals surface area contributed by atoms with E-state index in [9.17, 15) is 9.59 Å². The predicted molar refractivity (Wildman–Crippen MR) is 147 cm³/mol. The van der Waals surface area contributed by atoms with Crippen molar-refractivity contribution in [1.82, 2.24) is 20.1 Å². The number of fused-ring (bicyclic) bond motifs is 1. The smallest absolute Gasteiger partial charge is 0.251 e. The molecule has 0 fully saturated rings. The first kappa shape index (κ1) is 26.2. The highest BCUT2D eigenvalue weighted by atomic mass is 32.2. The van der Waals surface area contributed by atoms with E-state index in [-0.39, 0.29) is 29.5 Å². The van der Waals surface area contributed by atoms with Crippen LogP contribution in [0.2, 0.25) is 0 Å². The molecule has 4 rings (SSSR count). The van der Waals surface area contributed by atoms with Gasteiger partial charge in [-0.05, 0) is 48.6 Å². The zero-order valence-electron chi connectivity index (χ0n) is 21.4. The molecule has 0 spiro atoms. The first-order valence-electron chi connectivity index (χ1n) is 12.2. The Labute approximate surface area is 220 Å². The van der Waals surface area contributed by atoms with E-state index in [2.05, 4.69) is 20.8 Å². The molecule has 0 saturated heterocycles. The van der Waals surface area contributed by atoms with Crippen molar-refractivity contribution in [3.8, 4) is 5.75 Å². The van der Waals surface area contributed by atoms with Crippen molar-refractivity contribution in [3.63, 3.8) is 0 Å². The highest BCUT2D eigenvalue weighted by Crippen LogP contribution is 2.27. The Morgan fingerprint density at radius 3 is 2.43 bits per heavy atom. The molecule has 0 aliphatic carbocycles. The van der Waals surface area contributed by atoms with Gasteiger partial charge in [0.05, 0.1) is 18.9 Å². The number of thioether (sulfide) groups is 1. The number of carbonyl (C=O) groups excluding carboxylic acids is 2. The largest absolute Gasteiger partial charge is 0.497 e. The summed E-state index contributed by atoms with van der Waals surface area (Å²) in [6.07, 6.45) is 0. The van der Waals surface area contributed by atoms with Crippen LogP contribution in [0.15, 0.2) is 71.9 Å². The number of benzene rings is 3. The molecule has 2 N–H and O–H groups in total. The number of ether oxygens (including phenoxy) is 1. The molecule has 0 unspecified atom stereocenters. The van der Waals surface area contributed by atoms with E-state index < -0.39 is 0 Å². The summed E-state index contributed by atoms with van der Waals surface area (Å²) in [4.78, 5) is 25.7. The number of nitrogens with one attached hydrogen (secondary N) is 2. The summed E-state index contributed by atoms with van der Waals surface area (Å²) >= 11 is 1.32. The van der Waals surface area contributed by atoms with Gasteiger partial charge < -0.3 is 19.9 Å². The SMILES string of the molecule is CCn1c(SCC(=O)Nc2cccc3ccccc23)nnc1[C@@H](NC(=O)c1ccc(OC)cc1)C(C)C. The molecule has 0 saturated carbocycles. The molecule has 1 aromatic heterocycles. The van der Waals surface area contributed by atoms with Crippen molar-refractivity contribution in [2.45, 2.75) is 38.5 Å². The van der Waals surface area contributed by atoms with E-state index in [1.54, 1.807) is 31.4 Å². The zero-order valence-corrected chi connectivity index (χ0v) is 22.2. The molecule has 0 aliphatic rings. The third-order valence-electron chi connectivity index (χ3n) is 6.04. The van der Waals surface area contributed by atoms with Crippen molar-refractivity contribution in [3.05, 3.63) is 78.1 Å². The third-order valence-corrected chi connectivity index (χ3v) is 7.01. The van der Waals surface area contributed by atoms with Crippen molar-refractivity contribution in [2.75, 3.05) is 18.2 Å². The maximum Gasteiger partial charge on any atom is 0.251 e. The standard InChI is InChI=1S/C28H31N5O3S/c1-5-33-26(25(18(2)3)30-27(35)20-13-15-21(36-4)16-14-20)31-32-28(33)37-17-24(34)29-23-12-8-10-19-9-6-7-11-22(19)23/h6-16,18,25H,5,17H2,1-4H3,(H,29,34)(H,30,35)/t25-/m0/s1. The highest BCUT2D eigenvalue weighted by Gasteiger charge is 2.26. The molecule has 8 nitrogen and oxygen atoms in total. The normalized spacial score (nSPS) is 11.9.